The summed E-state index contributed by atoms with van der Waals surface area (Å²) in [6, 6.07) is 21.2. The number of nitrogens with one attached hydrogen (secondary N) is 1. The first-order valence-corrected chi connectivity index (χ1v) is 12.9. The van der Waals surface area contributed by atoms with E-state index >= 15 is 0 Å². The molecule has 1 aromatic heterocycles. The van der Waals surface area contributed by atoms with E-state index in [1.807, 2.05) is 61.5 Å². The summed E-state index contributed by atoms with van der Waals surface area (Å²) in [5.74, 6) is 2.20. The Bertz CT molecular complexity index is 1240. The Morgan fingerprint density at radius 2 is 1.83 bits per heavy atom. The highest BCUT2D eigenvalue weighted by Crippen LogP contribution is 2.30. The van der Waals surface area contributed by atoms with Gasteiger partial charge in [-0.15, -0.1) is 5.10 Å². The van der Waals surface area contributed by atoms with Gasteiger partial charge in [0.15, 0.2) is 11.5 Å². The largest absolute Gasteiger partial charge is 0.490 e. The van der Waals surface area contributed by atoms with Gasteiger partial charge in [-0.3, -0.25) is 0 Å². The maximum Gasteiger partial charge on any atom is 0.214 e. The predicted molar refractivity (Wildman–Crippen MR) is 140 cm³/mol. The molecule has 0 saturated heterocycles. The zero-order valence-corrected chi connectivity index (χ0v) is 21.5. The molecule has 0 amide bonds. The number of ether oxygens (including phenoxy) is 2. The molecule has 0 radical (unpaired) electrons. The maximum absolute atomic E-state index is 6.26. The van der Waals surface area contributed by atoms with Crippen LogP contribution in [0, 0.1) is 0 Å². The van der Waals surface area contributed by atoms with Gasteiger partial charge in [0, 0.05) is 34.5 Å². The van der Waals surface area contributed by atoms with Crippen LogP contribution in [0.25, 0.3) is 5.69 Å². The number of rotatable bonds is 12. The summed E-state index contributed by atoms with van der Waals surface area (Å²) in [5, 5.41) is 17.4. The van der Waals surface area contributed by atoms with Gasteiger partial charge in [-0.05, 0) is 59.3 Å². The van der Waals surface area contributed by atoms with Crippen LogP contribution in [0.4, 0.5) is 0 Å². The minimum Gasteiger partial charge on any atom is -0.490 e. The Morgan fingerprint density at radius 1 is 0.971 bits per heavy atom. The molecule has 35 heavy (non-hydrogen) atoms. The van der Waals surface area contributed by atoms with Crippen molar-refractivity contribution in [2.24, 2.45) is 0 Å². The van der Waals surface area contributed by atoms with Crippen molar-refractivity contribution in [1.82, 2.24) is 25.5 Å². The second kappa shape index (κ2) is 12.8. The van der Waals surface area contributed by atoms with Crippen molar-refractivity contribution in [3.05, 3.63) is 87.9 Å². The summed E-state index contributed by atoms with van der Waals surface area (Å²) in [4.78, 5) is 0. The fourth-order valence-electron chi connectivity index (χ4n) is 3.29. The number of nitrogens with zero attached hydrogens (tertiary/aromatic N) is 4. The Balaban J connectivity index is 1.28. The lowest BCUT2D eigenvalue weighted by Crippen LogP contribution is -2.17. The molecule has 0 bridgehead atoms. The zero-order valence-electron chi connectivity index (χ0n) is 19.2. The van der Waals surface area contributed by atoms with Crippen molar-refractivity contribution in [1.29, 1.82) is 0 Å². The van der Waals surface area contributed by atoms with Crippen molar-refractivity contribution in [2.75, 3.05) is 18.9 Å². The van der Waals surface area contributed by atoms with E-state index in [1.54, 1.807) is 28.6 Å². The van der Waals surface area contributed by atoms with Crippen LogP contribution in [0.1, 0.15) is 18.1 Å². The smallest absolute Gasteiger partial charge is 0.214 e. The SMILES string of the molecule is CCOc1cc(CNCCSc2nnnn2-c2ccccc2)ccc1OCc1ccc(Cl)cc1Cl. The first kappa shape index (κ1) is 25.3. The number of halogens is 2. The lowest BCUT2D eigenvalue weighted by molar-refractivity contribution is 0.269. The van der Waals surface area contributed by atoms with Crippen LogP contribution in [0.5, 0.6) is 11.5 Å². The summed E-state index contributed by atoms with van der Waals surface area (Å²) < 4.78 is 13.5. The molecule has 4 aromatic rings. The highest BCUT2D eigenvalue weighted by atomic mass is 35.5. The highest BCUT2D eigenvalue weighted by Gasteiger charge is 2.10. The van der Waals surface area contributed by atoms with Gasteiger partial charge in [0.05, 0.1) is 12.3 Å². The molecule has 0 aliphatic rings. The van der Waals surface area contributed by atoms with Crippen LogP contribution in [0.15, 0.2) is 71.9 Å². The molecule has 10 heteroatoms. The van der Waals surface area contributed by atoms with Crippen LogP contribution >= 0.6 is 35.0 Å². The van der Waals surface area contributed by atoms with Crippen molar-refractivity contribution in [2.45, 2.75) is 25.2 Å². The third-order valence-electron chi connectivity index (χ3n) is 4.99. The molecule has 4 rings (SSSR count). The second-order valence-electron chi connectivity index (χ2n) is 7.47. The Hall–Kier alpha value is -2.78. The number of hydrogen-bond donors (Lipinski definition) is 1. The maximum atomic E-state index is 6.26. The van der Waals surface area contributed by atoms with Crippen LogP contribution in [0.2, 0.25) is 10.0 Å². The van der Waals surface area contributed by atoms with Gasteiger partial charge in [-0.2, -0.15) is 4.68 Å². The molecule has 0 fully saturated rings. The summed E-state index contributed by atoms with van der Waals surface area (Å²) in [6.07, 6.45) is 0. The standard InChI is InChI=1S/C25H25Cl2N5O2S/c1-2-33-24-14-18(8-11-23(24)34-17-19-9-10-20(26)15-22(19)27)16-28-12-13-35-25-29-30-31-32(25)21-6-4-3-5-7-21/h3-11,14-15,28H,2,12-13,16-17H2,1H3. The predicted octanol–water partition coefficient (Wildman–Crippen LogP) is 5.83. The second-order valence-corrected chi connectivity index (χ2v) is 9.38. The number of para-hydroxylation sites is 1. The average molecular weight is 530 g/mol. The molecule has 1 N–H and O–H groups in total. The number of thioether (sulfide) groups is 1. The molecule has 0 unspecified atom stereocenters. The van der Waals surface area contributed by atoms with E-state index in [1.165, 1.54) is 0 Å². The van der Waals surface area contributed by atoms with Gasteiger partial charge >= 0.3 is 0 Å². The summed E-state index contributed by atoms with van der Waals surface area (Å²) in [7, 11) is 0. The third-order valence-corrected chi connectivity index (χ3v) is 6.50. The number of aromatic nitrogens is 4. The van der Waals surface area contributed by atoms with E-state index in [9.17, 15) is 0 Å². The lowest BCUT2D eigenvalue weighted by Gasteiger charge is -2.14. The Labute approximate surface area is 218 Å². The van der Waals surface area contributed by atoms with Crippen LogP contribution in [-0.4, -0.2) is 39.1 Å². The minimum atomic E-state index is 0.327. The quantitative estimate of drug-likeness (QED) is 0.183. The van der Waals surface area contributed by atoms with Crippen LogP contribution in [0.3, 0.4) is 0 Å². The summed E-state index contributed by atoms with van der Waals surface area (Å²) >= 11 is 13.8. The molecule has 0 spiro atoms. The normalized spacial score (nSPS) is 10.9. The molecule has 1 heterocycles. The number of hydrogen-bond acceptors (Lipinski definition) is 7. The number of tetrazole rings is 1. The molecule has 3 aromatic carbocycles. The van der Waals surface area contributed by atoms with Gasteiger partial charge in [0.2, 0.25) is 5.16 Å². The van der Waals surface area contributed by atoms with Crippen molar-refractivity contribution < 1.29 is 9.47 Å². The van der Waals surface area contributed by atoms with E-state index in [2.05, 4.69) is 20.8 Å². The van der Waals surface area contributed by atoms with Crippen LogP contribution < -0.4 is 14.8 Å². The number of benzene rings is 3. The first-order chi connectivity index (χ1) is 17.1. The van der Waals surface area contributed by atoms with Gasteiger partial charge in [0.25, 0.3) is 0 Å². The van der Waals surface area contributed by atoms with Crippen LogP contribution in [-0.2, 0) is 13.2 Å². The fraction of sp³-hybridized carbons (Fsp3) is 0.240. The van der Waals surface area contributed by atoms with E-state index in [0.29, 0.717) is 41.3 Å². The average Bonchev–Trinajstić information content (AvgIpc) is 3.33. The van der Waals surface area contributed by atoms with Gasteiger partial charge in [-0.1, -0.05) is 65.3 Å². The molecule has 7 nitrogen and oxygen atoms in total. The van der Waals surface area contributed by atoms with Crippen molar-refractivity contribution >= 4 is 35.0 Å². The minimum absolute atomic E-state index is 0.327. The summed E-state index contributed by atoms with van der Waals surface area (Å²) in [5.41, 5.74) is 2.90. The fourth-order valence-corrected chi connectivity index (χ4v) is 4.54. The van der Waals surface area contributed by atoms with E-state index in [-0.39, 0.29) is 0 Å². The van der Waals surface area contributed by atoms with Gasteiger partial charge < -0.3 is 14.8 Å². The molecular formula is C25H25Cl2N5O2S. The Kier molecular flexibility index (Phi) is 9.25. The zero-order chi connectivity index (χ0) is 24.5. The molecular weight excluding hydrogens is 505 g/mol. The van der Waals surface area contributed by atoms with E-state index in [0.717, 1.165) is 34.3 Å². The Morgan fingerprint density at radius 3 is 2.63 bits per heavy atom. The van der Waals surface area contributed by atoms with E-state index in [4.69, 9.17) is 32.7 Å². The van der Waals surface area contributed by atoms with Crippen molar-refractivity contribution in [3.8, 4) is 17.2 Å². The molecule has 0 atom stereocenters. The summed E-state index contributed by atoms with van der Waals surface area (Å²) in [6.45, 7) is 4.32. The molecule has 0 aliphatic heterocycles. The van der Waals surface area contributed by atoms with Gasteiger partial charge in [0.1, 0.15) is 6.61 Å². The molecule has 0 saturated carbocycles. The van der Waals surface area contributed by atoms with E-state index < -0.39 is 0 Å². The monoisotopic (exact) mass is 529 g/mol. The highest BCUT2D eigenvalue weighted by molar-refractivity contribution is 7.99. The molecule has 182 valence electrons. The first-order valence-electron chi connectivity index (χ1n) is 11.1. The van der Waals surface area contributed by atoms with Crippen molar-refractivity contribution in [3.63, 3.8) is 0 Å². The molecule has 0 aliphatic carbocycles. The third kappa shape index (κ3) is 7.11. The topological polar surface area (TPSA) is 74.1 Å². The lowest BCUT2D eigenvalue weighted by atomic mass is 10.2. The van der Waals surface area contributed by atoms with Gasteiger partial charge in [-0.25, -0.2) is 0 Å².